The predicted octanol–water partition coefficient (Wildman–Crippen LogP) is 1.99. The average molecular weight is 378 g/mol. The first-order valence-corrected chi connectivity index (χ1v) is 10.2. The molecule has 0 amide bonds. The molecule has 9 atom stereocenters. The fraction of sp³-hybridized carbons (Fsp3) is 0.857. The van der Waals surface area contributed by atoms with E-state index >= 15 is 0 Å². The molecule has 2 saturated heterocycles. The van der Waals surface area contributed by atoms with E-state index in [4.69, 9.17) is 14.2 Å². The van der Waals surface area contributed by atoms with Gasteiger partial charge in [-0.1, -0.05) is 20.4 Å². The highest BCUT2D eigenvalue weighted by Gasteiger charge is 2.79. The summed E-state index contributed by atoms with van der Waals surface area (Å²) in [4.78, 5) is 13.2. The second-order valence-corrected chi connectivity index (χ2v) is 10.0. The molecule has 5 fully saturated rings. The Morgan fingerprint density at radius 3 is 2.67 bits per heavy atom. The van der Waals surface area contributed by atoms with Gasteiger partial charge in [-0.15, -0.1) is 0 Å². The molecule has 5 rings (SSSR count). The van der Waals surface area contributed by atoms with Crippen LogP contribution < -0.4 is 0 Å². The lowest BCUT2D eigenvalue weighted by atomic mass is 9.43. The molecular weight excluding hydrogens is 348 g/mol. The number of ether oxygens (including phenoxy) is 3. The van der Waals surface area contributed by atoms with Crippen molar-refractivity contribution in [2.24, 2.45) is 34.0 Å². The minimum Gasteiger partial charge on any atom is -0.461 e. The Labute approximate surface area is 159 Å². The normalized spacial score (nSPS) is 55.5. The van der Waals surface area contributed by atoms with E-state index in [2.05, 4.69) is 20.4 Å². The maximum atomic E-state index is 13.2. The van der Waals surface area contributed by atoms with Gasteiger partial charge < -0.3 is 24.4 Å². The molecule has 3 saturated carbocycles. The predicted molar refractivity (Wildman–Crippen MR) is 95.1 cm³/mol. The minimum absolute atomic E-state index is 0.114. The first-order valence-electron chi connectivity index (χ1n) is 10.2. The summed E-state index contributed by atoms with van der Waals surface area (Å²) in [6.45, 7) is 8.45. The second kappa shape index (κ2) is 5.35. The minimum atomic E-state index is -1.08. The summed E-state index contributed by atoms with van der Waals surface area (Å²) in [7, 11) is 1.60. The van der Waals surface area contributed by atoms with Crippen LogP contribution in [0.5, 0.6) is 0 Å². The summed E-state index contributed by atoms with van der Waals surface area (Å²) in [5, 5.41) is 22.4. The molecule has 0 radical (unpaired) electrons. The van der Waals surface area contributed by atoms with Crippen LogP contribution in [0.1, 0.15) is 46.0 Å². The van der Waals surface area contributed by atoms with Gasteiger partial charge in [0.15, 0.2) is 12.6 Å². The molecule has 5 aliphatic rings. The van der Waals surface area contributed by atoms with Crippen LogP contribution in [-0.4, -0.2) is 48.1 Å². The van der Waals surface area contributed by atoms with E-state index in [1.165, 1.54) is 0 Å². The summed E-state index contributed by atoms with van der Waals surface area (Å²) in [5.74, 6) is -0.493. The fourth-order valence-corrected chi connectivity index (χ4v) is 7.71. The summed E-state index contributed by atoms with van der Waals surface area (Å²) in [6.07, 6.45) is 0.795. The summed E-state index contributed by atoms with van der Waals surface area (Å²) >= 11 is 0. The van der Waals surface area contributed by atoms with Crippen LogP contribution in [0.3, 0.4) is 0 Å². The lowest BCUT2D eigenvalue weighted by Crippen LogP contribution is -2.70. The van der Waals surface area contributed by atoms with Crippen molar-refractivity contribution in [2.75, 3.05) is 7.11 Å². The van der Waals surface area contributed by atoms with Crippen LogP contribution in [0.2, 0.25) is 0 Å². The molecule has 0 aromatic rings. The summed E-state index contributed by atoms with van der Waals surface area (Å²) < 4.78 is 17.6. The summed E-state index contributed by atoms with van der Waals surface area (Å²) in [5.41, 5.74) is -1.17. The Balaban J connectivity index is 1.73. The molecule has 0 aromatic heterocycles. The number of fused-ring (bicyclic) bond motifs is 1. The number of carbonyl (C=O) groups excluding carboxylic acids is 1. The molecule has 3 aliphatic carbocycles. The van der Waals surface area contributed by atoms with Gasteiger partial charge in [0.2, 0.25) is 0 Å². The largest absolute Gasteiger partial charge is 0.461 e. The van der Waals surface area contributed by atoms with Gasteiger partial charge >= 0.3 is 5.97 Å². The van der Waals surface area contributed by atoms with Crippen molar-refractivity contribution >= 4 is 5.97 Å². The molecule has 6 nitrogen and oxygen atoms in total. The van der Waals surface area contributed by atoms with Crippen LogP contribution in [0, 0.1) is 34.0 Å². The van der Waals surface area contributed by atoms with E-state index in [1.807, 2.05) is 0 Å². The van der Waals surface area contributed by atoms with Gasteiger partial charge in [0.25, 0.3) is 0 Å². The lowest BCUT2D eigenvalue weighted by Gasteiger charge is -2.63. The van der Waals surface area contributed by atoms with E-state index in [0.717, 1.165) is 24.8 Å². The summed E-state index contributed by atoms with van der Waals surface area (Å²) in [6, 6.07) is 0. The van der Waals surface area contributed by atoms with E-state index in [9.17, 15) is 15.0 Å². The first kappa shape index (κ1) is 18.1. The van der Waals surface area contributed by atoms with Crippen molar-refractivity contribution in [3.05, 3.63) is 12.2 Å². The topological polar surface area (TPSA) is 85.2 Å². The maximum absolute atomic E-state index is 13.2. The highest BCUT2D eigenvalue weighted by Crippen LogP contribution is 2.73. The van der Waals surface area contributed by atoms with Gasteiger partial charge in [0.1, 0.15) is 11.5 Å². The van der Waals surface area contributed by atoms with E-state index in [1.54, 1.807) is 7.11 Å². The highest BCUT2D eigenvalue weighted by atomic mass is 16.7. The quantitative estimate of drug-likeness (QED) is 0.536. The van der Waals surface area contributed by atoms with Crippen molar-refractivity contribution in [3.8, 4) is 0 Å². The molecule has 6 heteroatoms. The van der Waals surface area contributed by atoms with Gasteiger partial charge in [0.05, 0.1) is 11.5 Å². The van der Waals surface area contributed by atoms with E-state index in [-0.39, 0.29) is 29.1 Å². The molecule has 2 spiro atoms. The van der Waals surface area contributed by atoms with E-state index in [0.29, 0.717) is 12.8 Å². The van der Waals surface area contributed by atoms with Gasteiger partial charge in [-0.05, 0) is 54.9 Å². The fourth-order valence-electron chi connectivity index (χ4n) is 7.71. The maximum Gasteiger partial charge on any atom is 0.315 e. The zero-order chi connectivity index (χ0) is 19.4. The van der Waals surface area contributed by atoms with Gasteiger partial charge in [-0.2, -0.15) is 0 Å². The zero-order valence-corrected chi connectivity index (χ0v) is 16.3. The second-order valence-electron chi connectivity index (χ2n) is 10.0. The lowest BCUT2D eigenvalue weighted by molar-refractivity contribution is -0.279. The third kappa shape index (κ3) is 1.84. The molecule has 2 unspecified atom stereocenters. The molecule has 2 N–H and O–H groups in total. The molecule has 150 valence electrons. The third-order valence-corrected chi connectivity index (χ3v) is 8.79. The van der Waals surface area contributed by atoms with Gasteiger partial charge in [-0.25, -0.2) is 0 Å². The monoisotopic (exact) mass is 378 g/mol. The van der Waals surface area contributed by atoms with Crippen LogP contribution in [0.25, 0.3) is 0 Å². The van der Waals surface area contributed by atoms with Crippen molar-refractivity contribution in [1.29, 1.82) is 0 Å². The van der Waals surface area contributed by atoms with Gasteiger partial charge in [0, 0.05) is 13.0 Å². The van der Waals surface area contributed by atoms with E-state index < -0.39 is 35.6 Å². The van der Waals surface area contributed by atoms with Crippen LogP contribution in [0.15, 0.2) is 12.2 Å². The number of hydrogen-bond donors (Lipinski definition) is 2. The molecule has 0 aromatic carbocycles. The SMILES string of the molecule is C=C1[C@H]2CC[C@H]3C45C(O)O[C@@H](OC)[C@@H]4C(C)(C)CC[C@@H]5OC(=O)[C@]3(C2)[C@@H]1O. The smallest absolute Gasteiger partial charge is 0.315 e. The molecule has 2 heterocycles. The third-order valence-electron chi connectivity index (χ3n) is 8.79. The Morgan fingerprint density at radius 1 is 1.22 bits per heavy atom. The number of methoxy groups -OCH3 is 1. The molecule has 2 aliphatic heterocycles. The highest BCUT2D eigenvalue weighted by molar-refractivity contribution is 5.82. The van der Waals surface area contributed by atoms with Crippen LogP contribution >= 0.6 is 0 Å². The Hall–Kier alpha value is -0.950. The standard InChI is InChI=1S/C21H30O6/c1-10-11-5-6-12-20(9-11,15(10)22)17(23)26-13-7-8-19(2,3)14-16(25-4)27-18(24)21(12,13)14/h11-16,18,22,24H,1,5-9H2,2-4H3/t11-,12+,13-,14+,15+,16+,18?,20-,21?/m0/s1. The number of hydrogen-bond acceptors (Lipinski definition) is 6. The number of carbonyl (C=O) groups is 1. The van der Waals surface area contributed by atoms with Crippen LogP contribution in [-0.2, 0) is 19.0 Å². The zero-order valence-electron chi connectivity index (χ0n) is 16.3. The number of aliphatic hydroxyl groups excluding tert-OH is 2. The van der Waals surface area contributed by atoms with Gasteiger partial charge in [-0.3, -0.25) is 4.79 Å². The molecular formula is C21H30O6. The Morgan fingerprint density at radius 2 is 1.96 bits per heavy atom. The Bertz CT molecular complexity index is 703. The number of rotatable bonds is 1. The Kier molecular flexibility index (Phi) is 3.59. The molecule has 27 heavy (non-hydrogen) atoms. The first-order chi connectivity index (χ1) is 12.7. The van der Waals surface area contributed by atoms with Crippen molar-refractivity contribution in [1.82, 2.24) is 0 Å². The van der Waals surface area contributed by atoms with Crippen molar-refractivity contribution < 1.29 is 29.2 Å². The number of aliphatic hydroxyl groups is 2. The van der Waals surface area contributed by atoms with Crippen molar-refractivity contribution in [2.45, 2.75) is 70.7 Å². The molecule has 2 bridgehead atoms. The number of esters is 1. The average Bonchev–Trinajstić information content (AvgIpc) is 3.04. The van der Waals surface area contributed by atoms with Crippen molar-refractivity contribution in [3.63, 3.8) is 0 Å². The van der Waals surface area contributed by atoms with Crippen LogP contribution in [0.4, 0.5) is 0 Å².